The SMILES string of the molecule is CN(/C=C(/C#N)C(=O)Nc1ccc([N+](=O)[O-])cc1)Cc1ccccc1. The molecule has 1 N–H and O–H groups in total. The maximum atomic E-state index is 12.2. The summed E-state index contributed by atoms with van der Waals surface area (Å²) in [7, 11) is 1.77. The maximum absolute atomic E-state index is 12.2. The number of nitriles is 1. The zero-order chi connectivity index (χ0) is 18.2. The van der Waals surface area contributed by atoms with Gasteiger partial charge in [-0.3, -0.25) is 14.9 Å². The normalized spacial score (nSPS) is 10.6. The highest BCUT2D eigenvalue weighted by molar-refractivity contribution is 6.06. The molecule has 0 radical (unpaired) electrons. The molecule has 0 saturated heterocycles. The Morgan fingerprint density at radius 3 is 2.44 bits per heavy atom. The summed E-state index contributed by atoms with van der Waals surface area (Å²) in [6, 6.07) is 16.9. The van der Waals surface area contributed by atoms with Crippen molar-refractivity contribution in [2.24, 2.45) is 0 Å². The number of non-ortho nitro benzene ring substituents is 1. The molecule has 25 heavy (non-hydrogen) atoms. The smallest absolute Gasteiger partial charge is 0.269 e. The number of nitro groups is 1. The molecule has 0 saturated carbocycles. The fourth-order valence-electron chi connectivity index (χ4n) is 2.14. The van der Waals surface area contributed by atoms with Crippen molar-refractivity contribution in [1.82, 2.24) is 4.90 Å². The second-order valence-corrected chi connectivity index (χ2v) is 5.31. The lowest BCUT2D eigenvalue weighted by atomic mass is 10.2. The molecule has 2 aromatic carbocycles. The Morgan fingerprint density at radius 1 is 1.24 bits per heavy atom. The molecular formula is C18H16N4O3. The number of carbonyl (C=O) groups is 1. The Bertz CT molecular complexity index is 824. The molecule has 0 aromatic heterocycles. The molecule has 7 nitrogen and oxygen atoms in total. The van der Waals surface area contributed by atoms with Crippen molar-refractivity contribution in [3.05, 3.63) is 82.0 Å². The highest BCUT2D eigenvalue weighted by Gasteiger charge is 2.12. The number of nitrogens with one attached hydrogen (secondary N) is 1. The molecule has 0 unspecified atom stereocenters. The Kier molecular flexibility index (Phi) is 5.85. The third-order valence-corrected chi connectivity index (χ3v) is 3.33. The number of hydrogen-bond acceptors (Lipinski definition) is 5. The molecule has 0 aliphatic rings. The number of benzene rings is 2. The number of carbonyl (C=O) groups excluding carboxylic acids is 1. The van der Waals surface area contributed by atoms with Gasteiger partial charge in [-0.1, -0.05) is 30.3 Å². The van der Waals surface area contributed by atoms with Gasteiger partial charge in [0.05, 0.1) is 4.92 Å². The van der Waals surface area contributed by atoms with Gasteiger partial charge in [-0.2, -0.15) is 5.26 Å². The predicted octanol–water partition coefficient (Wildman–Crippen LogP) is 3.07. The molecule has 7 heteroatoms. The quantitative estimate of drug-likeness (QED) is 0.378. The minimum absolute atomic E-state index is 0.0585. The molecule has 2 rings (SSSR count). The lowest BCUT2D eigenvalue weighted by Crippen LogP contribution is -2.18. The van der Waals surface area contributed by atoms with E-state index >= 15 is 0 Å². The average Bonchev–Trinajstić information content (AvgIpc) is 2.61. The molecule has 0 aliphatic carbocycles. The van der Waals surface area contributed by atoms with Crippen LogP contribution in [0.3, 0.4) is 0 Å². The van der Waals surface area contributed by atoms with Crippen molar-refractivity contribution in [2.75, 3.05) is 12.4 Å². The topological polar surface area (TPSA) is 99.3 Å². The van der Waals surface area contributed by atoms with Crippen molar-refractivity contribution >= 4 is 17.3 Å². The van der Waals surface area contributed by atoms with E-state index in [2.05, 4.69) is 5.32 Å². The number of hydrogen-bond donors (Lipinski definition) is 1. The van der Waals surface area contributed by atoms with Gasteiger partial charge in [0, 0.05) is 37.6 Å². The van der Waals surface area contributed by atoms with E-state index in [1.54, 1.807) is 11.9 Å². The number of rotatable bonds is 6. The third-order valence-electron chi connectivity index (χ3n) is 3.33. The molecule has 2 aromatic rings. The lowest BCUT2D eigenvalue weighted by molar-refractivity contribution is -0.384. The first-order valence-electron chi connectivity index (χ1n) is 7.41. The van der Waals surface area contributed by atoms with E-state index in [-0.39, 0.29) is 11.3 Å². The van der Waals surface area contributed by atoms with Gasteiger partial charge in [-0.05, 0) is 17.7 Å². The van der Waals surface area contributed by atoms with E-state index in [1.165, 1.54) is 30.5 Å². The number of nitrogens with zero attached hydrogens (tertiary/aromatic N) is 3. The van der Waals surface area contributed by atoms with Gasteiger partial charge in [-0.15, -0.1) is 0 Å². The van der Waals surface area contributed by atoms with E-state index in [4.69, 9.17) is 0 Å². The summed E-state index contributed by atoms with van der Waals surface area (Å²) in [5.74, 6) is -0.573. The zero-order valence-corrected chi connectivity index (χ0v) is 13.5. The van der Waals surface area contributed by atoms with Crippen LogP contribution >= 0.6 is 0 Å². The summed E-state index contributed by atoms with van der Waals surface area (Å²) in [5.41, 5.74) is 1.30. The van der Waals surface area contributed by atoms with E-state index < -0.39 is 10.8 Å². The summed E-state index contributed by atoms with van der Waals surface area (Å²) in [6.07, 6.45) is 1.47. The van der Waals surface area contributed by atoms with Crippen LogP contribution in [0.25, 0.3) is 0 Å². The van der Waals surface area contributed by atoms with Crippen molar-refractivity contribution in [2.45, 2.75) is 6.54 Å². The first-order chi connectivity index (χ1) is 12.0. The first-order valence-corrected chi connectivity index (χ1v) is 7.41. The zero-order valence-electron chi connectivity index (χ0n) is 13.5. The van der Waals surface area contributed by atoms with Gasteiger partial charge in [0.25, 0.3) is 11.6 Å². The van der Waals surface area contributed by atoms with Crippen LogP contribution in [0.2, 0.25) is 0 Å². The summed E-state index contributed by atoms with van der Waals surface area (Å²) in [6.45, 7) is 0.552. The van der Waals surface area contributed by atoms with Gasteiger partial charge in [0.2, 0.25) is 0 Å². The fraction of sp³-hybridized carbons (Fsp3) is 0.111. The van der Waals surface area contributed by atoms with E-state index in [0.717, 1.165) is 5.56 Å². The van der Waals surface area contributed by atoms with Gasteiger partial charge >= 0.3 is 0 Å². The van der Waals surface area contributed by atoms with Crippen LogP contribution in [-0.4, -0.2) is 22.8 Å². The molecule has 0 fully saturated rings. The molecule has 0 bridgehead atoms. The van der Waals surface area contributed by atoms with Crippen molar-refractivity contribution < 1.29 is 9.72 Å². The van der Waals surface area contributed by atoms with Crippen LogP contribution in [0.5, 0.6) is 0 Å². The largest absolute Gasteiger partial charge is 0.375 e. The minimum atomic E-state index is -0.573. The molecule has 0 aliphatic heterocycles. The summed E-state index contributed by atoms with van der Waals surface area (Å²) >= 11 is 0. The summed E-state index contributed by atoms with van der Waals surface area (Å²) < 4.78 is 0. The monoisotopic (exact) mass is 336 g/mol. The van der Waals surface area contributed by atoms with E-state index in [1.807, 2.05) is 36.4 Å². The second kappa shape index (κ2) is 8.26. The standard InChI is InChI=1S/C18H16N4O3/c1-21(12-14-5-3-2-4-6-14)13-15(11-19)18(23)20-16-7-9-17(10-8-16)22(24)25/h2-10,13H,12H2,1H3,(H,20,23)/b15-13-. The van der Waals surface area contributed by atoms with Crippen molar-refractivity contribution in [3.63, 3.8) is 0 Å². The van der Waals surface area contributed by atoms with Gasteiger partial charge in [0.15, 0.2) is 0 Å². The van der Waals surface area contributed by atoms with Gasteiger partial charge in [0.1, 0.15) is 11.6 Å². The molecule has 0 heterocycles. The minimum Gasteiger partial charge on any atom is -0.375 e. The van der Waals surface area contributed by atoms with Crippen LogP contribution in [-0.2, 0) is 11.3 Å². The lowest BCUT2D eigenvalue weighted by Gasteiger charge is -2.14. The van der Waals surface area contributed by atoms with Crippen molar-refractivity contribution in [3.8, 4) is 6.07 Å². The Labute approximate surface area is 145 Å². The molecule has 126 valence electrons. The highest BCUT2D eigenvalue weighted by Crippen LogP contribution is 2.16. The molecule has 0 atom stereocenters. The summed E-state index contributed by atoms with van der Waals surface area (Å²) in [5, 5.41) is 22.4. The van der Waals surface area contributed by atoms with Crippen molar-refractivity contribution in [1.29, 1.82) is 5.26 Å². The molecule has 1 amide bonds. The van der Waals surface area contributed by atoms with E-state index in [0.29, 0.717) is 12.2 Å². The fourth-order valence-corrected chi connectivity index (χ4v) is 2.14. The maximum Gasteiger partial charge on any atom is 0.269 e. The second-order valence-electron chi connectivity index (χ2n) is 5.31. The predicted molar refractivity (Wildman–Crippen MR) is 93.3 cm³/mol. The van der Waals surface area contributed by atoms with Crippen LogP contribution in [0.1, 0.15) is 5.56 Å². The van der Waals surface area contributed by atoms with Crippen LogP contribution in [0.4, 0.5) is 11.4 Å². The Balaban J connectivity index is 2.04. The highest BCUT2D eigenvalue weighted by atomic mass is 16.6. The summed E-state index contributed by atoms with van der Waals surface area (Å²) in [4.78, 5) is 24.0. The third kappa shape index (κ3) is 5.18. The Hall–Kier alpha value is -3.66. The number of anilines is 1. The van der Waals surface area contributed by atoms with Gasteiger partial charge < -0.3 is 10.2 Å². The molecular weight excluding hydrogens is 320 g/mol. The van der Waals surface area contributed by atoms with Crippen LogP contribution < -0.4 is 5.32 Å². The average molecular weight is 336 g/mol. The van der Waals surface area contributed by atoms with E-state index in [9.17, 15) is 20.2 Å². The van der Waals surface area contributed by atoms with Gasteiger partial charge in [-0.25, -0.2) is 0 Å². The number of nitro benzene ring substituents is 1. The Morgan fingerprint density at radius 2 is 1.88 bits per heavy atom. The molecule has 0 spiro atoms. The van der Waals surface area contributed by atoms with Crippen LogP contribution in [0.15, 0.2) is 66.4 Å². The number of amides is 1. The van der Waals surface area contributed by atoms with Crippen LogP contribution in [0, 0.1) is 21.4 Å². The first kappa shape index (κ1) is 17.7.